The molecule has 15 heavy (non-hydrogen) atoms. The van der Waals surface area contributed by atoms with Gasteiger partial charge in [0.15, 0.2) is 5.82 Å². The molecule has 2 rings (SSSR count). The minimum atomic E-state index is -0.230. The van der Waals surface area contributed by atoms with Gasteiger partial charge in [0.05, 0.1) is 0 Å². The molecule has 0 radical (unpaired) electrons. The number of halogens is 1. The quantitative estimate of drug-likeness (QED) is 0.817. The summed E-state index contributed by atoms with van der Waals surface area (Å²) in [7, 11) is 0. The standard InChI is InChI=1S/C10H8ClN3O/c11-7-2-1-3-8(6-7)12-9-4-5-10(15)14-13-9/h1-6H,(H,12,13)(H,14,15). The molecule has 4 nitrogen and oxygen atoms in total. The van der Waals surface area contributed by atoms with Crippen LogP contribution in [0.2, 0.25) is 5.02 Å². The summed E-state index contributed by atoms with van der Waals surface area (Å²) in [6, 6.07) is 10.2. The molecule has 1 aromatic carbocycles. The third-order valence-electron chi connectivity index (χ3n) is 1.78. The highest BCUT2D eigenvalue weighted by molar-refractivity contribution is 6.30. The Morgan fingerprint density at radius 2 is 2.13 bits per heavy atom. The Kier molecular flexibility index (Phi) is 2.69. The second kappa shape index (κ2) is 4.14. The second-order valence-electron chi connectivity index (χ2n) is 2.94. The van der Waals surface area contributed by atoms with Crippen molar-refractivity contribution in [2.45, 2.75) is 0 Å². The lowest BCUT2D eigenvalue weighted by atomic mass is 10.3. The van der Waals surface area contributed by atoms with Gasteiger partial charge in [0.2, 0.25) is 0 Å². The summed E-state index contributed by atoms with van der Waals surface area (Å²) in [4.78, 5) is 10.8. The minimum absolute atomic E-state index is 0.230. The first kappa shape index (κ1) is 9.73. The Hall–Kier alpha value is -1.81. The van der Waals surface area contributed by atoms with Crippen molar-refractivity contribution in [2.24, 2.45) is 0 Å². The van der Waals surface area contributed by atoms with Crippen molar-refractivity contribution in [3.05, 3.63) is 51.8 Å². The Labute approximate surface area is 90.9 Å². The first-order chi connectivity index (χ1) is 7.24. The molecule has 0 aliphatic rings. The maximum Gasteiger partial charge on any atom is 0.264 e. The predicted molar refractivity (Wildman–Crippen MR) is 59.6 cm³/mol. The van der Waals surface area contributed by atoms with Gasteiger partial charge in [-0.3, -0.25) is 4.79 Å². The van der Waals surface area contributed by atoms with Gasteiger partial charge < -0.3 is 5.32 Å². The second-order valence-corrected chi connectivity index (χ2v) is 3.38. The number of nitrogens with one attached hydrogen (secondary N) is 2. The number of aromatic amines is 1. The molecule has 2 N–H and O–H groups in total. The largest absolute Gasteiger partial charge is 0.339 e. The fourth-order valence-corrected chi connectivity index (χ4v) is 1.32. The van der Waals surface area contributed by atoms with Gasteiger partial charge in [-0.2, -0.15) is 5.10 Å². The average molecular weight is 222 g/mol. The van der Waals surface area contributed by atoms with Crippen molar-refractivity contribution in [3.8, 4) is 0 Å². The molecule has 0 atom stereocenters. The molecule has 0 fully saturated rings. The van der Waals surface area contributed by atoms with E-state index in [0.717, 1.165) is 5.69 Å². The zero-order valence-corrected chi connectivity index (χ0v) is 8.45. The third-order valence-corrected chi connectivity index (χ3v) is 2.01. The number of anilines is 2. The predicted octanol–water partition coefficient (Wildman–Crippen LogP) is 2.17. The summed E-state index contributed by atoms with van der Waals surface area (Å²) in [6.07, 6.45) is 0. The molecule has 0 aliphatic carbocycles. The monoisotopic (exact) mass is 221 g/mol. The first-order valence-electron chi connectivity index (χ1n) is 4.32. The van der Waals surface area contributed by atoms with Crippen molar-refractivity contribution < 1.29 is 0 Å². The molecule has 0 aliphatic heterocycles. The van der Waals surface area contributed by atoms with E-state index >= 15 is 0 Å². The number of benzene rings is 1. The molecular weight excluding hydrogens is 214 g/mol. The molecule has 0 spiro atoms. The van der Waals surface area contributed by atoms with Crippen molar-refractivity contribution in [2.75, 3.05) is 5.32 Å². The van der Waals surface area contributed by atoms with E-state index < -0.39 is 0 Å². The highest BCUT2D eigenvalue weighted by Crippen LogP contribution is 2.17. The Balaban J connectivity index is 2.22. The highest BCUT2D eigenvalue weighted by atomic mass is 35.5. The van der Waals surface area contributed by atoms with Crippen LogP contribution in [-0.4, -0.2) is 10.2 Å². The van der Waals surface area contributed by atoms with Crippen LogP contribution in [0.4, 0.5) is 11.5 Å². The van der Waals surface area contributed by atoms with Gasteiger partial charge in [-0.1, -0.05) is 17.7 Å². The van der Waals surface area contributed by atoms with Crippen LogP contribution in [-0.2, 0) is 0 Å². The van der Waals surface area contributed by atoms with E-state index in [1.54, 1.807) is 18.2 Å². The third kappa shape index (κ3) is 2.57. The lowest BCUT2D eigenvalue weighted by molar-refractivity contribution is 0.994. The molecule has 0 unspecified atom stereocenters. The number of rotatable bonds is 2. The fourth-order valence-electron chi connectivity index (χ4n) is 1.13. The SMILES string of the molecule is O=c1ccc(Nc2cccc(Cl)c2)n[nH]1. The van der Waals surface area contributed by atoms with Gasteiger partial charge in [0, 0.05) is 16.8 Å². The average Bonchev–Trinajstić information content (AvgIpc) is 2.22. The fraction of sp³-hybridized carbons (Fsp3) is 0. The molecule has 76 valence electrons. The normalized spacial score (nSPS) is 9.93. The molecular formula is C10H8ClN3O. The van der Waals surface area contributed by atoms with Crippen LogP contribution in [0.25, 0.3) is 0 Å². The summed E-state index contributed by atoms with van der Waals surface area (Å²) in [6.45, 7) is 0. The Morgan fingerprint density at radius 3 is 2.80 bits per heavy atom. The van der Waals surface area contributed by atoms with Gasteiger partial charge in [-0.15, -0.1) is 0 Å². The van der Waals surface area contributed by atoms with Crippen LogP contribution in [0.3, 0.4) is 0 Å². The summed E-state index contributed by atoms with van der Waals surface area (Å²) < 4.78 is 0. The molecule has 0 amide bonds. The van der Waals surface area contributed by atoms with Crippen molar-refractivity contribution >= 4 is 23.1 Å². The number of H-pyrrole nitrogens is 1. The van der Waals surface area contributed by atoms with Crippen molar-refractivity contribution in [3.63, 3.8) is 0 Å². The van der Waals surface area contributed by atoms with Gasteiger partial charge in [-0.25, -0.2) is 5.10 Å². The topological polar surface area (TPSA) is 57.8 Å². The van der Waals surface area contributed by atoms with E-state index in [2.05, 4.69) is 15.5 Å². The number of aromatic nitrogens is 2. The van der Waals surface area contributed by atoms with E-state index in [4.69, 9.17) is 11.6 Å². The molecule has 0 bridgehead atoms. The zero-order chi connectivity index (χ0) is 10.7. The van der Waals surface area contributed by atoms with Gasteiger partial charge in [0.1, 0.15) is 0 Å². The van der Waals surface area contributed by atoms with E-state index in [1.165, 1.54) is 6.07 Å². The van der Waals surface area contributed by atoms with Gasteiger partial charge in [0.25, 0.3) is 5.56 Å². The smallest absolute Gasteiger partial charge is 0.264 e. The lowest BCUT2D eigenvalue weighted by Gasteiger charge is -2.04. The van der Waals surface area contributed by atoms with Gasteiger partial charge in [-0.05, 0) is 24.3 Å². The maximum atomic E-state index is 10.8. The van der Waals surface area contributed by atoms with Crippen molar-refractivity contribution in [1.82, 2.24) is 10.2 Å². The number of hydrogen-bond acceptors (Lipinski definition) is 3. The van der Waals surface area contributed by atoms with Crippen LogP contribution in [0.1, 0.15) is 0 Å². The summed E-state index contributed by atoms with van der Waals surface area (Å²) in [5.74, 6) is 0.567. The molecule has 1 heterocycles. The maximum absolute atomic E-state index is 10.8. The van der Waals surface area contributed by atoms with Gasteiger partial charge >= 0.3 is 0 Å². The van der Waals surface area contributed by atoms with E-state index in [1.807, 2.05) is 12.1 Å². The number of nitrogens with zero attached hydrogens (tertiary/aromatic N) is 1. The van der Waals surface area contributed by atoms with Crippen LogP contribution < -0.4 is 10.9 Å². The molecule has 5 heteroatoms. The minimum Gasteiger partial charge on any atom is -0.339 e. The summed E-state index contributed by atoms with van der Waals surface area (Å²) in [5, 5.41) is 9.79. The highest BCUT2D eigenvalue weighted by Gasteiger charge is 1.96. The lowest BCUT2D eigenvalue weighted by Crippen LogP contribution is -2.07. The summed E-state index contributed by atoms with van der Waals surface area (Å²) >= 11 is 5.82. The van der Waals surface area contributed by atoms with E-state index in [-0.39, 0.29) is 5.56 Å². The molecule has 0 saturated heterocycles. The Morgan fingerprint density at radius 1 is 1.27 bits per heavy atom. The zero-order valence-electron chi connectivity index (χ0n) is 7.70. The molecule has 1 aromatic heterocycles. The van der Waals surface area contributed by atoms with Crippen molar-refractivity contribution in [1.29, 1.82) is 0 Å². The number of hydrogen-bond donors (Lipinski definition) is 2. The molecule has 0 saturated carbocycles. The van der Waals surface area contributed by atoms with Crippen LogP contribution in [0.5, 0.6) is 0 Å². The van der Waals surface area contributed by atoms with Crippen LogP contribution >= 0.6 is 11.6 Å². The summed E-state index contributed by atoms with van der Waals surface area (Å²) in [5.41, 5.74) is 0.591. The molecule has 2 aromatic rings. The van der Waals surface area contributed by atoms with Crippen LogP contribution in [0, 0.1) is 0 Å². The van der Waals surface area contributed by atoms with E-state index in [9.17, 15) is 4.79 Å². The van der Waals surface area contributed by atoms with Crippen LogP contribution in [0.15, 0.2) is 41.2 Å². The first-order valence-corrected chi connectivity index (χ1v) is 4.70. The Bertz CT molecular complexity index is 504. The van der Waals surface area contributed by atoms with E-state index in [0.29, 0.717) is 10.8 Å².